The van der Waals surface area contributed by atoms with Gasteiger partial charge < -0.3 is 9.73 Å². The molecule has 0 aliphatic heterocycles. The molecule has 3 rings (SSSR count). The molecule has 3 aromatic rings. The quantitative estimate of drug-likeness (QED) is 0.736. The summed E-state index contributed by atoms with van der Waals surface area (Å²) in [5.74, 6) is -0.230. The van der Waals surface area contributed by atoms with E-state index in [1.54, 1.807) is 12.1 Å². The molecule has 2 aromatic heterocycles. The third-order valence-electron chi connectivity index (χ3n) is 2.51. The van der Waals surface area contributed by atoms with Crippen LogP contribution in [0.15, 0.2) is 51.7 Å². The first-order chi connectivity index (χ1) is 10.7. The zero-order chi connectivity index (χ0) is 15.4. The largest absolute Gasteiger partial charge is 0.399 e. The molecular formula is C13H9BrN6O2. The van der Waals surface area contributed by atoms with Crippen molar-refractivity contribution < 1.29 is 9.21 Å². The van der Waals surface area contributed by atoms with Gasteiger partial charge in [-0.3, -0.25) is 10.1 Å². The van der Waals surface area contributed by atoms with Gasteiger partial charge in [0.05, 0.1) is 12.4 Å². The Balaban J connectivity index is 1.68. The van der Waals surface area contributed by atoms with Crippen LogP contribution in [-0.4, -0.2) is 26.1 Å². The fourth-order valence-corrected chi connectivity index (χ4v) is 1.76. The van der Waals surface area contributed by atoms with Crippen LogP contribution in [0.2, 0.25) is 0 Å². The number of nitrogens with zero attached hydrogens (tertiary/aromatic N) is 4. The van der Waals surface area contributed by atoms with E-state index >= 15 is 0 Å². The van der Waals surface area contributed by atoms with Gasteiger partial charge in [0, 0.05) is 5.69 Å². The highest BCUT2D eigenvalue weighted by Gasteiger charge is 2.15. The first-order valence-corrected chi connectivity index (χ1v) is 6.94. The molecule has 0 saturated carbocycles. The van der Waals surface area contributed by atoms with Crippen molar-refractivity contribution in [2.45, 2.75) is 0 Å². The van der Waals surface area contributed by atoms with Crippen LogP contribution in [0.3, 0.4) is 0 Å². The molecule has 1 amide bonds. The Hall–Kier alpha value is -2.81. The van der Waals surface area contributed by atoms with Crippen molar-refractivity contribution >= 4 is 39.4 Å². The van der Waals surface area contributed by atoms with E-state index in [1.165, 1.54) is 12.4 Å². The van der Waals surface area contributed by atoms with Gasteiger partial charge in [-0.25, -0.2) is 9.97 Å². The SMILES string of the molecule is O=C(Nc1ccccc1)c1nnc(Nc2cnc(Br)cn2)o1. The number of nitrogens with one attached hydrogen (secondary N) is 2. The summed E-state index contributed by atoms with van der Waals surface area (Å²) >= 11 is 3.18. The lowest BCUT2D eigenvalue weighted by molar-refractivity contribution is 0.0991. The molecule has 1 aromatic carbocycles. The van der Waals surface area contributed by atoms with E-state index in [4.69, 9.17) is 4.42 Å². The van der Waals surface area contributed by atoms with Crippen molar-refractivity contribution in [1.29, 1.82) is 0 Å². The van der Waals surface area contributed by atoms with Gasteiger partial charge in [-0.05, 0) is 28.1 Å². The Kier molecular flexibility index (Phi) is 4.05. The van der Waals surface area contributed by atoms with Gasteiger partial charge in [0.1, 0.15) is 4.60 Å². The van der Waals surface area contributed by atoms with E-state index in [1.807, 2.05) is 18.2 Å². The van der Waals surface area contributed by atoms with Crippen molar-refractivity contribution in [2.24, 2.45) is 0 Å². The van der Waals surface area contributed by atoms with Crippen molar-refractivity contribution in [1.82, 2.24) is 20.2 Å². The summed E-state index contributed by atoms with van der Waals surface area (Å²) in [6.07, 6.45) is 3.00. The summed E-state index contributed by atoms with van der Waals surface area (Å²) in [6.45, 7) is 0. The van der Waals surface area contributed by atoms with Crippen LogP contribution < -0.4 is 10.6 Å². The molecule has 22 heavy (non-hydrogen) atoms. The predicted octanol–water partition coefficient (Wildman–Crippen LogP) is 2.62. The number of hydrogen-bond acceptors (Lipinski definition) is 7. The van der Waals surface area contributed by atoms with E-state index in [2.05, 4.69) is 46.7 Å². The number of hydrogen-bond donors (Lipinski definition) is 2. The van der Waals surface area contributed by atoms with Gasteiger partial charge in [0.2, 0.25) is 0 Å². The summed E-state index contributed by atoms with van der Waals surface area (Å²) in [6, 6.07) is 9.03. The maximum absolute atomic E-state index is 12.0. The predicted molar refractivity (Wildman–Crippen MR) is 81.7 cm³/mol. The molecule has 0 spiro atoms. The van der Waals surface area contributed by atoms with Gasteiger partial charge in [-0.1, -0.05) is 23.3 Å². The third kappa shape index (κ3) is 3.44. The minimum absolute atomic E-state index is 0.0508. The molecular weight excluding hydrogens is 352 g/mol. The molecule has 0 aliphatic rings. The first kappa shape index (κ1) is 14.1. The molecule has 8 nitrogen and oxygen atoms in total. The second kappa shape index (κ2) is 6.31. The summed E-state index contributed by atoms with van der Waals surface area (Å²) in [7, 11) is 0. The minimum atomic E-state index is -0.492. The zero-order valence-corrected chi connectivity index (χ0v) is 12.6. The number of rotatable bonds is 4. The van der Waals surface area contributed by atoms with E-state index < -0.39 is 5.91 Å². The number of carbonyl (C=O) groups excluding carboxylic acids is 1. The fraction of sp³-hybridized carbons (Fsp3) is 0. The Morgan fingerprint density at radius 3 is 2.64 bits per heavy atom. The standard InChI is InChI=1S/C13H9BrN6O2/c14-9-6-16-10(7-15-9)18-13-20-19-12(22-13)11(21)17-8-4-2-1-3-5-8/h1-7H,(H,17,21)(H,16,18,20). The number of carbonyl (C=O) groups is 1. The second-order valence-electron chi connectivity index (χ2n) is 4.08. The van der Waals surface area contributed by atoms with Crippen molar-refractivity contribution in [2.75, 3.05) is 10.6 Å². The number of benzene rings is 1. The molecule has 0 unspecified atom stereocenters. The molecule has 0 saturated heterocycles. The molecule has 110 valence electrons. The van der Waals surface area contributed by atoms with Crippen molar-refractivity contribution in [3.63, 3.8) is 0 Å². The number of anilines is 3. The van der Waals surface area contributed by atoms with Gasteiger partial charge >= 0.3 is 17.8 Å². The summed E-state index contributed by atoms with van der Waals surface area (Å²) < 4.78 is 5.83. The van der Waals surface area contributed by atoms with E-state index in [0.717, 1.165) is 0 Å². The highest BCUT2D eigenvalue weighted by molar-refractivity contribution is 9.10. The maximum atomic E-state index is 12.0. The lowest BCUT2D eigenvalue weighted by Crippen LogP contribution is -2.12. The summed E-state index contributed by atoms with van der Waals surface area (Å²) in [5.41, 5.74) is 0.638. The van der Waals surface area contributed by atoms with E-state index in [0.29, 0.717) is 16.1 Å². The topological polar surface area (TPSA) is 106 Å². The van der Waals surface area contributed by atoms with Crippen LogP contribution in [0, 0.1) is 0 Å². The lowest BCUT2D eigenvalue weighted by Gasteiger charge is -2.01. The normalized spacial score (nSPS) is 10.2. The Labute approximate surface area is 133 Å². The van der Waals surface area contributed by atoms with Gasteiger partial charge in [0.15, 0.2) is 5.82 Å². The Morgan fingerprint density at radius 2 is 1.91 bits per heavy atom. The third-order valence-corrected chi connectivity index (χ3v) is 2.92. The van der Waals surface area contributed by atoms with Crippen molar-refractivity contribution in [3.8, 4) is 0 Å². The van der Waals surface area contributed by atoms with Gasteiger partial charge in [-0.2, -0.15) is 0 Å². The van der Waals surface area contributed by atoms with Crippen molar-refractivity contribution in [3.05, 3.63) is 53.2 Å². The van der Waals surface area contributed by atoms with E-state index in [-0.39, 0.29) is 11.9 Å². The summed E-state index contributed by atoms with van der Waals surface area (Å²) in [5, 5.41) is 12.8. The summed E-state index contributed by atoms with van der Waals surface area (Å²) in [4.78, 5) is 20.0. The van der Waals surface area contributed by atoms with Gasteiger partial charge in [-0.15, -0.1) is 5.10 Å². The molecule has 0 radical (unpaired) electrons. The van der Waals surface area contributed by atoms with Crippen LogP contribution in [0.25, 0.3) is 0 Å². The van der Waals surface area contributed by atoms with E-state index in [9.17, 15) is 4.79 Å². The minimum Gasteiger partial charge on any atom is -0.399 e. The molecule has 0 bridgehead atoms. The number of amides is 1. The first-order valence-electron chi connectivity index (χ1n) is 6.15. The number of aromatic nitrogens is 4. The molecule has 0 aliphatic carbocycles. The van der Waals surface area contributed by atoms with Crippen LogP contribution in [0.1, 0.15) is 10.7 Å². The van der Waals surface area contributed by atoms with Crippen LogP contribution in [-0.2, 0) is 0 Å². The highest BCUT2D eigenvalue weighted by Crippen LogP contribution is 2.14. The highest BCUT2D eigenvalue weighted by atomic mass is 79.9. The van der Waals surface area contributed by atoms with Gasteiger partial charge in [0.25, 0.3) is 0 Å². The maximum Gasteiger partial charge on any atom is 0.321 e. The van der Waals surface area contributed by atoms with Crippen LogP contribution in [0.5, 0.6) is 0 Å². The zero-order valence-electron chi connectivity index (χ0n) is 11.0. The van der Waals surface area contributed by atoms with Crippen LogP contribution >= 0.6 is 15.9 Å². The molecule has 0 fully saturated rings. The Bertz CT molecular complexity index is 775. The molecule has 0 atom stereocenters. The Morgan fingerprint density at radius 1 is 1.09 bits per heavy atom. The number of para-hydroxylation sites is 1. The second-order valence-corrected chi connectivity index (χ2v) is 4.89. The fourth-order valence-electron chi connectivity index (χ4n) is 1.56. The molecule has 2 N–H and O–H groups in total. The average molecular weight is 361 g/mol. The number of halogens is 1. The monoisotopic (exact) mass is 360 g/mol. The van der Waals surface area contributed by atoms with Crippen LogP contribution in [0.4, 0.5) is 17.5 Å². The average Bonchev–Trinajstić information content (AvgIpc) is 2.99. The smallest absolute Gasteiger partial charge is 0.321 e. The molecule has 2 heterocycles. The lowest BCUT2D eigenvalue weighted by atomic mass is 10.3. The molecule has 9 heteroatoms.